The molecule has 2 rings (SSSR count). The van der Waals surface area contributed by atoms with Crippen molar-refractivity contribution in [2.24, 2.45) is 0 Å². The number of nitrogen functional groups attached to an aromatic ring is 1. The summed E-state index contributed by atoms with van der Waals surface area (Å²) in [6.45, 7) is 1.16. The molecule has 1 fully saturated rings. The topological polar surface area (TPSA) is 46.3 Å². The van der Waals surface area contributed by atoms with Crippen molar-refractivity contribution >= 4 is 11.6 Å². The van der Waals surface area contributed by atoms with Gasteiger partial charge in [0.2, 0.25) is 0 Å². The highest BCUT2D eigenvalue weighted by molar-refractivity contribution is 5.99. The number of carbonyl (C=O) groups is 1. The number of hydrogen-bond donors (Lipinski definition) is 1. The van der Waals surface area contributed by atoms with Gasteiger partial charge in [-0.25, -0.2) is 0 Å². The molecule has 0 saturated carbocycles. The number of likely N-dealkylation sites (tertiary alicyclic amines) is 1. The molecule has 1 saturated heterocycles. The second-order valence-electron chi connectivity index (χ2n) is 4.62. The zero-order valence-corrected chi connectivity index (χ0v) is 10.3. The van der Waals surface area contributed by atoms with Crippen LogP contribution in [0.3, 0.4) is 0 Å². The molecule has 0 unspecified atom stereocenters. The molecular formula is C13H15F3N2O. The van der Waals surface area contributed by atoms with Crippen LogP contribution < -0.4 is 5.73 Å². The van der Waals surface area contributed by atoms with Crippen molar-refractivity contribution in [3.05, 3.63) is 29.3 Å². The van der Waals surface area contributed by atoms with Crippen molar-refractivity contribution in [1.29, 1.82) is 0 Å². The summed E-state index contributed by atoms with van der Waals surface area (Å²) in [5.74, 6) is -0.414. The average molecular weight is 272 g/mol. The third-order valence-corrected chi connectivity index (χ3v) is 3.29. The SMILES string of the molecule is Nc1c(C(=O)N2CCCCC2)cccc1C(F)(F)F. The highest BCUT2D eigenvalue weighted by Gasteiger charge is 2.34. The number of alkyl halides is 3. The Morgan fingerprint density at radius 2 is 1.79 bits per heavy atom. The predicted molar refractivity (Wildman–Crippen MR) is 65.6 cm³/mol. The molecule has 0 radical (unpaired) electrons. The van der Waals surface area contributed by atoms with Crippen LogP contribution in [0.2, 0.25) is 0 Å². The van der Waals surface area contributed by atoms with Gasteiger partial charge in [0.1, 0.15) is 0 Å². The number of carbonyl (C=O) groups excluding carboxylic acids is 1. The van der Waals surface area contributed by atoms with E-state index in [1.54, 1.807) is 4.90 Å². The van der Waals surface area contributed by atoms with Crippen LogP contribution in [0, 0.1) is 0 Å². The van der Waals surface area contributed by atoms with Gasteiger partial charge in [0.25, 0.3) is 5.91 Å². The van der Waals surface area contributed by atoms with Crippen molar-refractivity contribution in [3.8, 4) is 0 Å². The van der Waals surface area contributed by atoms with E-state index in [2.05, 4.69) is 0 Å². The monoisotopic (exact) mass is 272 g/mol. The van der Waals surface area contributed by atoms with Gasteiger partial charge in [0.15, 0.2) is 0 Å². The molecule has 0 aromatic heterocycles. The first-order chi connectivity index (χ1) is 8.91. The van der Waals surface area contributed by atoms with Gasteiger partial charge in [-0.2, -0.15) is 13.2 Å². The number of halogens is 3. The van der Waals surface area contributed by atoms with Crippen LogP contribution in [-0.4, -0.2) is 23.9 Å². The standard InChI is InChI=1S/C13H15F3N2O/c14-13(15,16)10-6-4-5-9(11(10)17)12(19)18-7-2-1-3-8-18/h4-6H,1-3,7-8,17H2. The maximum atomic E-state index is 12.7. The molecule has 1 aliphatic rings. The Morgan fingerprint density at radius 3 is 2.37 bits per heavy atom. The smallest absolute Gasteiger partial charge is 0.398 e. The molecule has 1 amide bonds. The van der Waals surface area contributed by atoms with E-state index in [9.17, 15) is 18.0 Å². The van der Waals surface area contributed by atoms with Crippen LogP contribution in [-0.2, 0) is 6.18 Å². The van der Waals surface area contributed by atoms with E-state index in [1.807, 2.05) is 0 Å². The quantitative estimate of drug-likeness (QED) is 0.799. The molecular weight excluding hydrogens is 257 g/mol. The lowest BCUT2D eigenvalue weighted by Gasteiger charge is -2.27. The van der Waals surface area contributed by atoms with Gasteiger partial charge in [-0.3, -0.25) is 4.79 Å². The summed E-state index contributed by atoms with van der Waals surface area (Å²) in [4.78, 5) is 13.7. The summed E-state index contributed by atoms with van der Waals surface area (Å²) >= 11 is 0. The van der Waals surface area contributed by atoms with Crippen LogP contribution in [0.4, 0.5) is 18.9 Å². The fraction of sp³-hybridized carbons (Fsp3) is 0.462. The van der Waals surface area contributed by atoms with Gasteiger partial charge in [0.05, 0.1) is 16.8 Å². The van der Waals surface area contributed by atoms with Gasteiger partial charge >= 0.3 is 6.18 Å². The number of anilines is 1. The first kappa shape index (κ1) is 13.7. The highest BCUT2D eigenvalue weighted by Crippen LogP contribution is 2.35. The normalized spacial score (nSPS) is 16.5. The van der Waals surface area contributed by atoms with Crippen LogP contribution in [0.25, 0.3) is 0 Å². The van der Waals surface area contributed by atoms with E-state index in [0.29, 0.717) is 13.1 Å². The third kappa shape index (κ3) is 2.83. The average Bonchev–Trinajstić information content (AvgIpc) is 2.38. The Balaban J connectivity index is 2.32. The van der Waals surface area contributed by atoms with Crippen molar-refractivity contribution in [1.82, 2.24) is 4.90 Å². The molecule has 104 valence electrons. The van der Waals surface area contributed by atoms with Crippen molar-refractivity contribution in [2.75, 3.05) is 18.8 Å². The van der Waals surface area contributed by atoms with Gasteiger partial charge in [-0.1, -0.05) is 6.07 Å². The number of para-hydroxylation sites is 1. The number of piperidine rings is 1. The summed E-state index contributed by atoms with van der Waals surface area (Å²) in [5.41, 5.74) is 4.02. The molecule has 1 aromatic carbocycles. The highest BCUT2D eigenvalue weighted by atomic mass is 19.4. The predicted octanol–water partition coefficient (Wildman–Crippen LogP) is 2.91. The van der Waals surface area contributed by atoms with Crippen LogP contribution in [0.15, 0.2) is 18.2 Å². The Hall–Kier alpha value is -1.72. The zero-order chi connectivity index (χ0) is 14.0. The van der Waals surface area contributed by atoms with Crippen molar-refractivity contribution < 1.29 is 18.0 Å². The second kappa shape index (κ2) is 5.11. The molecule has 0 aliphatic carbocycles. The second-order valence-corrected chi connectivity index (χ2v) is 4.62. The number of amides is 1. The number of nitrogens with zero attached hydrogens (tertiary/aromatic N) is 1. The fourth-order valence-corrected chi connectivity index (χ4v) is 2.27. The lowest BCUT2D eigenvalue weighted by Crippen LogP contribution is -2.36. The molecule has 2 N–H and O–H groups in total. The van der Waals surface area contributed by atoms with E-state index < -0.39 is 23.3 Å². The van der Waals surface area contributed by atoms with Crippen LogP contribution >= 0.6 is 0 Å². The molecule has 1 aromatic rings. The van der Waals surface area contributed by atoms with Crippen molar-refractivity contribution in [3.63, 3.8) is 0 Å². The Labute approximate surface area is 109 Å². The summed E-state index contributed by atoms with van der Waals surface area (Å²) in [5, 5.41) is 0. The Morgan fingerprint density at radius 1 is 1.16 bits per heavy atom. The minimum absolute atomic E-state index is 0.0586. The maximum Gasteiger partial charge on any atom is 0.418 e. The molecule has 0 spiro atoms. The first-order valence-corrected chi connectivity index (χ1v) is 6.16. The number of hydrogen-bond acceptors (Lipinski definition) is 2. The van der Waals surface area contributed by atoms with Gasteiger partial charge in [-0.05, 0) is 31.4 Å². The summed E-state index contributed by atoms with van der Waals surface area (Å²) in [7, 11) is 0. The number of benzene rings is 1. The minimum atomic E-state index is -4.54. The molecule has 0 bridgehead atoms. The lowest BCUT2D eigenvalue weighted by molar-refractivity contribution is -0.136. The maximum absolute atomic E-state index is 12.7. The van der Waals surface area contributed by atoms with Crippen molar-refractivity contribution in [2.45, 2.75) is 25.4 Å². The zero-order valence-electron chi connectivity index (χ0n) is 10.3. The van der Waals surface area contributed by atoms with Crippen LogP contribution in [0.1, 0.15) is 35.2 Å². The third-order valence-electron chi connectivity index (χ3n) is 3.29. The molecule has 3 nitrogen and oxygen atoms in total. The van der Waals surface area contributed by atoms with Gasteiger partial charge in [-0.15, -0.1) is 0 Å². The van der Waals surface area contributed by atoms with E-state index in [4.69, 9.17) is 5.73 Å². The fourth-order valence-electron chi connectivity index (χ4n) is 2.27. The first-order valence-electron chi connectivity index (χ1n) is 6.16. The molecule has 1 aliphatic heterocycles. The molecule has 6 heteroatoms. The Kier molecular flexibility index (Phi) is 3.68. The van der Waals surface area contributed by atoms with E-state index in [-0.39, 0.29) is 5.56 Å². The van der Waals surface area contributed by atoms with Crippen LogP contribution in [0.5, 0.6) is 0 Å². The largest absolute Gasteiger partial charge is 0.418 e. The van der Waals surface area contributed by atoms with Gasteiger partial charge < -0.3 is 10.6 Å². The van der Waals surface area contributed by atoms with E-state index >= 15 is 0 Å². The molecule has 19 heavy (non-hydrogen) atoms. The minimum Gasteiger partial charge on any atom is -0.398 e. The molecule has 0 atom stereocenters. The number of nitrogens with two attached hydrogens (primary N) is 1. The summed E-state index contributed by atoms with van der Waals surface area (Å²) in [6.07, 6.45) is -1.74. The van der Waals surface area contributed by atoms with E-state index in [1.165, 1.54) is 12.1 Å². The summed E-state index contributed by atoms with van der Waals surface area (Å²) in [6, 6.07) is 3.46. The lowest BCUT2D eigenvalue weighted by atomic mass is 10.0. The number of rotatable bonds is 1. The summed E-state index contributed by atoms with van der Waals surface area (Å²) < 4.78 is 38.2. The molecule has 1 heterocycles. The Bertz CT molecular complexity index is 479. The van der Waals surface area contributed by atoms with Gasteiger partial charge in [0, 0.05) is 13.1 Å². The van der Waals surface area contributed by atoms with E-state index in [0.717, 1.165) is 25.3 Å².